The van der Waals surface area contributed by atoms with Crippen LogP contribution < -0.4 is 15.1 Å². The highest BCUT2D eigenvalue weighted by molar-refractivity contribution is 7.92. The summed E-state index contributed by atoms with van der Waals surface area (Å²) < 4.78 is 25.5. The third-order valence-electron chi connectivity index (χ3n) is 5.09. The van der Waals surface area contributed by atoms with Gasteiger partial charge in [0, 0.05) is 37.3 Å². The molecule has 30 heavy (non-hydrogen) atoms. The fourth-order valence-electron chi connectivity index (χ4n) is 3.60. The van der Waals surface area contributed by atoms with E-state index in [1.54, 1.807) is 36.5 Å². The number of rotatable bonds is 3. The van der Waals surface area contributed by atoms with E-state index in [1.807, 2.05) is 4.90 Å². The monoisotopic (exact) mass is 428 g/mol. The van der Waals surface area contributed by atoms with Crippen LogP contribution in [0.1, 0.15) is 0 Å². The quantitative estimate of drug-likeness (QED) is 0.654. The topological polar surface area (TPSA) is 120 Å². The molecule has 0 aliphatic carbocycles. The molecular weight excluding hydrogens is 408 g/mol. The largest absolute Gasteiger partial charge is 0.465 e. The molecular formula is C20H20N4O5S. The number of hydrogen-bond donors (Lipinski definition) is 2. The summed E-state index contributed by atoms with van der Waals surface area (Å²) >= 11 is 0. The van der Waals surface area contributed by atoms with Crippen molar-refractivity contribution in [3.8, 4) is 0 Å². The predicted octanol–water partition coefficient (Wildman–Crippen LogP) is 1.92. The van der Waals surface area contributed by atoms with Crippen LogP contribution in [0.3, 0.4) is 0 Å². The van der Waals surface area contributed by atoms with Crippen LogP contribution in [-0.2, 0) is 10.0 Å². The maximum atomic E-state index is 13.3. The number of piperazine rings is 1. The smallest absolute Gasteiger partial charge is 0.407 e. The number of nitrogens with one attached hydrogen (secondary N) is 1. The highest BCUT2D eigenvalue weighted by Gasteiger charge is 2.21. The molecule has 0 spiro atoms. The number of carbonyl (C=O) groups is 1. The first-order valence-corrected chi connectivity index (χ1v) is 11.2. The molecule has 9 nitrogen and oxygen atoms in total. The number of pyridine rings is 1. The third-order valence-corrected chi connectivity index (χ3v) is 5.69. The molecule has 0 unspecified atom stereocenters. The van der Waals surface area contributed by atoms with Crippen LogP contribution in [-0.4, -0.2) is 61.9 Å². The average molecular weight is 428 g/mol. The lowest BCUT2D eigenvalue weighted by Crippen LogP contribution is -2.48. The van der Waals surface area contributed by atoms with Crippen LogP contribution in [0.25, 0.3) is 21.7 Å². The van der Waals surface area contributed by atoms with E-state index < -0.39 is 16.1 Å². The lowest BCUT2D eigenvalue weighted by molar-refractivity contribution is 0.142. The first-order chi connectivity index (χ1) is 14.2. The van der Waals surface area contributed by atoms with Gasteiger partial charge in [-0.25, -0.2) is 13.2 Å². The molecule has 156 valence electrons. The van der Waals surface area contributed by atoms with Crippen LogP contribution in [0.15, 0.2) is 47.4 Å². The van der Waals surface area contributed by atoms with Gasteiger partial charge in [0.1, 0.15) is 0 Å². The van der Waals surface area contributed by atoms with Gasteiger partial charge in [0.15, 0.2) is 5.43 Å². The molecule has 1 aromatic heterocycles. The minimum absolute atomic E-state index is 0.249. The van der Waals surface area contributed by atoms with E-state index in [0.29, 0.717) is 53.5 Å². The molecule has 1 fully saturated rings. The van der Waals surface area contributed by atoms with Gasteiger partial charge in [-0.2, -0.15) is 0 Å². The Morgan fingerprint density at radius 2 is 1.77 bits per heavy atom. The van der Waals surface area contributed by atoms with Crippen LogP contribution in [0, 0.1) is 0 Å². The van der Waals surface area contributed by atoms with E-state index in [-0.39, 0.29) is 5.43 Å². The molecule has 10 heteroatoms. The molecule has 1 saturated heterocycles. The molecule has 3 aromatic rings. The molecule has 0 bridgehead atoms. The molecule has 0 atom stereocenters. The van der Waals surface area contributed by atoms with E-state index in [2.05, 4.69) is 9.71 Å². The van der Waals surface area contributed by atoms with Crippen molar-refractivity contribution in [1.82, 2.24) is 9.88 Å². The summed E-state index contributed by atoms with van der Waals surface area (Å²) in [7, 11) is -3.47. The second-order valence-corrected chi connectivity index (χ2v) is 8.97. The van der Waals surface area contributed by atoms with Gasteiger partial charge in [-0.15, -0.1) is 0 Å². The van der Waals surface area contributed by atoms with Gasteiger partial charge in [-0.3, -0.25) is 14.5 Å². The lowest BCUT2D eigenvalue weighted by atomic mass is 10.1. The van der Waals surface area contributed by atoms with Crippen molar-refractivity contribution < 1.29 is 18.3 Å². The molecule has 2 aromatic carbocycles. The second kappa shape index (κ2) is 7.45. The van der Waals surface area contributed by atoms with E-state index in [0.717, 1.165) is 11.9 Å². The minimum atomic E-state index is -3.47. The number of nitrogens with zero attached hydrogens (tertiary/aromatic N) is 3. The number of hydrogen-bond acceptors (Lipinski definition) is 6. The van der Waals surface area contributed by atoms with Gasteiger partial charge in [-0.1, -0.05) is 12.1 Å². The third kappa shape index (κ3) is 3.99. The minimum Gasteiger partial charge on any atom is -0.465 e. The van der Waals surface area contributed by atoms with Crippen LogP contribution in [0.4, 0.5) is 16.2 Å². The summed E-state index contributed by atoms with van der Waals surface area (Å²) in [5, 5.41) is 10.6. The van der Waals surface area contributed by atoms with E-state index in [4.69, 9.17) is 5.11 Å². The van der Waals surface area contributed by atoms with Crippen LogP contribution >= 0.6 is 0 Å². The predicted molar refractivity (Wildman–Crippen MR) is 116 cm³/mol. The Morgan fingerprint density at radius 3 is 2.43 bits per heavy atom. The van der Waals surface area contributed by atoms with Crippen molar-refractivity contribution in [2.45, 2.75) is 0 Å². The number of fused-ring (bicyclic) bond motifs is 2. The Morgan fingerprint density at radius 1 is 1.07 bits per heavy atom. The van der Waals surface area contributed by atoms with Gasteiger partial charge in [-0.05, 0) is 29.7 Å². The van der Waals surface area contributed by atoms with Crippen molar-refractivity contribution in [2.24, 2.45) is 0 Å². The number of sulfonamides is 1. The van der Waals surface area contributed by atoms with Gasteiger partial charge < -0.3 is 14.9 Å². The Bertz CT molecular complexity index is 1320. The maximum Gasteiger partial charge on any atom is 0.407 e. The summed E-state index contributed by atoms with van der Waals surface area (Å²) in [6, 6.07) is 10.1. The zero-order chi connectivity index (χ0) is 21.5. The summed E-state index contributed by atoms with van der Waals surface area (Å²) in [6.07, 6.45) is 1.79. The van der Waals surface area contributed by atoms with E-state index in [1.165, 1.54) is 11.0 Å². The first kappa shape index (κ1) is 19.9. The second-order valence-electron chi connectivity index (χ2n) is 7.22. The molecule has 2 heterocycles. The molecule has 0 radical (unpaired) electrons. The lowest BCUT2D eigenvalue weighted by Gasteiger charge is -2.34. The number of aromatic nitrogens is 1. The molecule has 0 saturated carbocycles. The summed E-state index contributed by atoms with van der Waals surface area (Å²) in [5.41, 5.74) is 1.34. The fourth-order valence-corrected chi connectivity index (χ4v) is 4.15. The Kier molecular flexibility index (Phi) is 4.94. The number of anilines is 2. The Balaban J connectivity index is 1.79. The standard InChI is InChI=1S/C20H20N4O5S/c1-30(28,29)22-14-4-2-13-3-5-18-17(19(25)16(13)10-14)11-15(12-21-18)23-6-8-24(9-7-23)20(26)27/h2-5,10-12,22H,6-9H2,1H3,(H,26,27). The zero-order valence-corrected chi connectivity index (χ0v) is 17.0. The van der Waals surface area contributed by atoms with E-state index >= 15 is 0 Å². The van der Waals surface area contributed by atoms with Gasteiger partial charge >= 0.3 is 6.09 Å². The van der Waals surface area contributed by atoms with Crippen molar-refractivity contribution in [2.75, 3.05) is 42.1 Å². The maximum absolute atomic E-state index is 13.3. The molecule has 1 aliphatic rings. The zero-order valence-electron chi connectivity index (χ0n) is 16.2. The number of carboxylic acid groups (broad SMARTS) is 1. The van der Waals surface area contributed by atoms with Gasteiger partial charge in [0.05, 0.1) is 29.0 Å². The van der Waals surface area contributed by atoms with Crippen molar-refractivity contribution in [1.29, 1.82) is 0 Å². The number of benzene rings is 1. The highest BCUT2D eigenvalue weighted by Crippen LogP contribution is 2.23. The summed E-state index contributed by atoms with van der Waals surface area (Å²) in [5.74, 6) is 0. The Hall–Kier alpha value is -3.40. The average Bonchev–Trinajstić information content (AvgIpc) is 2.83. The van der Waals surface area contributed by atoms with Crippen molar-refractivity contribution in [3.63, 3.8) is 0 Å². The SMILES string of the molecule is CS(=O)(=O)Nc1ccc2ccc3ncc(N4CCN(C(=O)O)CC4)cc3c(=O)c2c1. The molecule has 1 aliphatic heterocycles. The summed E-state index contributed by atoms with van der Waals surface area (Å²) in [4.78, 5) is 32.1. The molecule has 4 rings (SSSR count). The molecule has 2 N–H and O–H groups in total. The van der Waals surface area contributed by atoms with Crippen LogP contribution in [0.5, 0.6) is 0 Å². The van der Waals surface area contributed by atoms with Crippen LogP contribution in [0.2, 0.25) is 0 Å². The summed E-state index contributed by atoms with van der Waals surface area (Å²) in [6.45, 7) is 1.78. The molecule has 1 amide bonds. The van der Waals surface area contributed by atoms with Gasteiger partial charge in [0.25, 0.3) is 0 Å². The van der Waals surface area contributed by atoms with Gasteiger partial charge in [0.2, 0.25) is 10.0 Å². The fraction of sp³-hybridized carbons (Fsp3) is 0.250. The Labute approximate surface area is 172 Å². The van der Waals surface area contributed by atoms with Crippen molar-refractivity contribution in [3.05, 3.63) is 52.8 Å². The first-order valence-electron chi connectivity index (χ1n) is 9.29. The van der Waals surface area contributed by atoms with Crippen molar-refractivity contribution >= 4 is 49.2 Å². The highest BCUT2D eigenvalue weighted by atomic mass is 32.2. The number of amides is 1. The van der Waals surface area contributed by atoms with E-state index in [9.17, 15) is 18.0 Å². The normalized spacial score (nSPS) is 14.8.